The molecular formula is C18H18ClNO3. The normalized spacial score (nSPS) is 10.6. The molecule has 1 amide bonds. The second kappa shape index (κ2) is 7.70. The zero-order chi connectivity index (χ0) is 16.8. The summed E-state index contributed by atoms with van der Waals surface area (Å²) in [6.45, 7) is 1.89. The molecule has 0 bridgehead atoms. The topological polar surface area (TPSA) is 47.6 Å². The van der Waals surface area contributed by atoms with E-state index in [0.717, 1.165) is 16.8 Å². The lowest BCUT2D eigenvalue weighted by Crippen LogP contribution is -2.08. The number of hydrogen-bond donors (Lipinski definition) is 1. The van der Waals surface area contributed by atoms with Gasteiger partial charge in [0.05, 0.1) is 14.2 Å². The van der Waals surface area contributed by atoms with Gasteiger partial charge in [-0.3, -0.25) is 4.79 Å². The summed E-state index contributed by atoms with van der Waals surface area (Å²) in [6.07, 6.45) is 3.15. The van der Waals surface area contributed by atoms with Crippen LogP contribution in [0, 0.1) is 6.92 Å². The van der Waals surface area contributed by atoms with Crippen LogP contribution in [0.15, 0.2) is 42.5 Å². The molecule has 0 aliphatic carbocycles. The smallest absolute Gasteiger partial charge is 0.248 e. The van der Waals surface area contributed by atoms with Gasteiger partial charge in [0.1, 0.15) is 11.5 Å². The van der Waals surface area contributed by atoms with Crippen molar-refractivity contribution in [1.82, 2.24) is 0 Å². The molecule has 2 aromatic rings. The molecule has 0 radical (unpaired) electrons. The Labute approximate surface area is 140 Å². The Morgan fingerprint density at radius 1 is 1.13 bits per heavy atom. The summed E-state index contributed by atoms with van der Waals surface area (Å²) in [4.78, 5) is 12.0. The van der Waals surface area contributed by atoms with Crippen molar-refractivity contribution in [3.63, 3.8) is 0 Å². The molecule has 0 unspecified atom stereocenters. The fraction of sp³-hybridized carbons (Fsp3) is 0.167. The number of rotatable bonds is 5. The quantitative estimate of drug-likeness (QED) is 0.830. The lowest BCUT2D eigenvalue weighted by Gasteiger charge is -2.08. The van der Waals surface area contributed by atoms with Gasteiger partial charge in [-0.1, -0.05) is 11.6 Å². The number of methoxy groups -OCH3 is 2. The van der Waals surface area contributed by atoms with E-state index in [2.05, 4.69) is 5.32 Å². The number of hydrogen-bond acceptors (Lipinski definition) is 3. The van der Waals surface area contributed by atoms with Crippen LogP contribution in [-0.4, -0.2) is 20.1 Å². The maximum atomic E-state index is 12.0. The van der Waals surface area contributed by atoms with Crippen LogP contribution in [-0.2, 0) is 4.79 Å². The number of anilines is 1. The molecule has 4 nitrogen and oxygen atoms in total. The first-order chi connectivity index (χ1) is 11.0. The molecule has 0 aliphatic rings. The van der Waals surface area contributed by atoms with Gasteiger partial charge < -0.3 is 14.8 Å². The van der Waals surface area contributed by atoms with Gasteiger partial charge in [0.15, 0.2) is 0 Å². The summed E-state index contributed by atoms with van der Waals surface area (Å²) in [6, 6.07) is 10.7. The maximum absolute atomic E-state index is 12.0. The summed E-state index contributed by atoms with van der Waals surface area (Å²) < 4.78 is 10.4. The largest absolute Gasteiger partial charge is 0.497 e. The Hall–Kier alpha value is -2.46. The van der Waals surface area contributed by atoms with E-state index in [1.54, 1.807) is 44.6 Å². The van der Waals surface area contributed by atoms with Gasteiger partial charge in [0, 0.05) is 28.4 Å². The SMILES string of the molecule is COc1ccc(C=CC(=O)Nc2ccc(Cl)cc2C)c(OC)c1. The van der Waals surface area contributed by atoms with Gasteiger partial charge in [-0.15, -0.1) is 0 Å². The molecule has 5 heteroatoms. The van der Waals surface area contributed by atoms with E-state index >= 15 is 0 Å². The second-order valence-electron chi connectivity index (χ2n) is 4.89. The lowest BCUT2D eigenvalue weighted by atomic mass is 10.1. The van der Waals surface area contributed by atoms with Crippen LogP contribution in [0.25, 0.3) is 6.08 Å². The second-order valence-corrected chi connectivity index (χ2v) is 5.33. The van der Waals surface area contributed by atoms with Crippen LogP contribution in [0.4, 0.5) is 5.69 Å². The third-order valence-electron chi connectivity index (χ3n) is 3.30. The van der Waals surface area contributed by atoms with Crippen LogP contribution in [0.2, 0.25) is 5.02 Å². The molecule has 0 saturated carbocycles. The molecule has 0 aliphatic heterocycles. The summed E-state index contributed by atoms with van der Waals surface area (Å²) in [7, 11) is 3.16. The molecule has 2 rings (SSSR count). The molecule has 0 atom stereocenters. The number of halogens is 1. The van der Waals surface area contributed by atoms with Crippen LogP contribution in [0.1, 0.15) is 11.1 Å². The molecule has 0 heterocycles. The van der Waals surface area contributed by atoms with E-state index in [-0.39, 0.29) is 5.91 Å². The zero-order valence-corrected chi connectivity index (χ0v) is 14.0. The highest BCUT2D eigenvalue weighted by atomic mass is 35.5. The first-order valence-electron chi connectivity index (χ1n) is 7.00. The van der Waals surface area contributed by atoms with Crippen molar-refractivity contribution in [3.8, 4) is 11.5 Å². The van der Waals surface area contributed by atoms with Crippen molar-refractivity contribution >= 4 is 29.3 Å². The molecule has 120 valence electrons. The van der Waals surface area contributed by atoms with Crippen molar-refractivity contribution < 1.29 is 14.3 Å². The van der Waals surface area contributed by atoms with E-state index in [1.165, 1.54) is 6.08 Å². The van der Waals surface area contributed by atoms with E-state index in [4.69, 9.17) is 21.1 Å². The number of ether oxygens (including phenoxy) is 2. The summed E-state index contributed by atoms with van der Waals surface area (Å²) in [5.74, 6) is 1.10. The molecule has 1 N–H and O–H groups in total. The number of carbonyl (C=O) groups excluding carboxylic acids is 1. The molecule has 0 spiro atoms. The van der Waals surface area contributed by atoms with Gasteiger partial charge in [-0.25, -0.2) is 0 Å². The molecule has 0 fully saturated rings. The summed E-state index contributed by atoms with van der Waals surface area (Å²) >= 11 is 5.90. The Morgan fingerprint density at radius 2 is 1.91 bits per heavy atom. The van der Waals surface area contributed by atoms with E-state index in [0.29, 0.717) is 16.5 Å². The minimum Gasteiger partial charge on any atom is -0.497 e. The Kier molecular flexibility index (Phi) is 5.66. The van der Waals surface area contributed by atoms with E-state index < -0.39 is 0 Å². The third-order valence-corrected chi connectivity index (χ3v) is 3.54. The van der Waals surface area contributed by atoms with Gasteiger partial charge in [-0.05, 0) is 48.9 Å². The summed E-state index contributed by atoms with van der Waals surface area (Å²) in [5, 5.41) is 3.46. The predicted octanol–water partition coefficient (Wildman–Crippen LogP) is 4.32. The maximum Gasteiger partial charge on any atom is 0.248 e. The average Bonchev–Trinajstić information content (AvgIpc) is 2.55. The van der Waals surface area contributed by atoms with Crippen molar-refractivity contribution in [2.75, 3.05) is 19.5 Å². The highest BCUT2D eigenvalue weighted by Crippen LogP contribution is 2.25. The van der Waals surface area contributed by atoms with Gasteiger partial charge >= 0.3 is 0 Å². The predicted molar refractivity (Wildman–Crippen MR) is 93.4 cm³/mol. The van der Waals surface area contributed by atoms with Crippen LogP contribution in [0.3, 0.4) is 0 Å². The number of nitrogens with one attached hydrogen (secondary N) is 1. The minimum absolute atomic E-state index is 0.228. The number of benzene rings is 2. The van der Waals surface area contributed by atoms with Crippen LogP contribution in [0.5, 0.6) is 11.5 Å². The first kappa shape index (κ1) is 16.9. The first-order valence-corrected chi connectivity index (χ1v) is 7.38. The highest BCUT2D eigenvalue weighted by Gasteiger charge is 2.05. The molecule has 23 heavy (non-hydrogen) atoms. The van der Waals surface area contributed by atoms with Gasteiger partial charge in [-0.2, -0.15) is 0 Å². The minimum atomic E-state index is -0.228. The standard InChI is InChI=1S/C18H18ClNO3/c1-12-10-14(19)6-8-16(12)20-18(21)9-5-13-4-7-15(22-2)11-17(13)23-3/h4-11H,1-3H3,(H,20,21). The Morgan fingerprint density at radius 3 is 2.57 bits per heavy atom. The Balaban J connectivity index is 2.12. The van der Waals surface area contributed by atoms with E-state index in [1.807, 2.05) is 19.1 Å². The van der Waals surface area contributed by atoms with Crippen LogP contribution < -0.4 is 14.8 Å². The molecule has 2 aromatic carbocycles. The number of carbonyl (C=O) groups is 1. The third kappa shape index (κ3) is 4.50. The van der Waals surface area contributed by atoms with Crippen molar-refractivity contribution in [2.24, 2.45) is 0 Å². The zero-order valence-electron chi connectivity index (χ0n) is 13.2. The van der Waals surface area contributed by atoms with Gasteiger partial charge in [0.25, 0.3) is 0 Å². The molecular weight excluding hydrogens is 314 g/mol. The van der Waals surface area contributed by atoms with E-state index in [9.17, 15) is 4.79 Å². The van der Waals surface area contributed by atoms with Crippen molar-refractivity contribution in [2.45, 2.75) is 6.92 Å². The summed E-state index contributed by atoms with van der Waals surface area (Å²) in [5.41, 5.74) is 2.42. The van der Waals surface area contributed by atoms with Crippen molar-refractivity contribution in [1.29, 1.82) is 0 Å². The average molecular weight is 332 g/mol. The highest BCUT2D eigenvalue weighted by molar-refractivity contribution is 6.30. The monoisotopic (exact) mass is 331 g/mol. The molecule has 0 aromatic heterocycles. The number of aryl methyl sites for hydroxylation is 1. The lowest BCUT2D eigenvalue weighted by molar-refractivity contribution is -0.111. The Bertz CT molecular complexity index is 741. The van der Waals surface area contributed by atoms with Gasteiger partial charge in [0.2, 0.25) is 5.91 Å². The molecule has 0 saturated heterocycles. The fourth-order valence-corrected chi connectivity index (χ4v) is 2.29. The van der Waals surface area contributed by atoms with Crippen LogP contribution >= 0.6 is 11.6 Å². The number of amides is 1. The fourth-order valence-electron chi connectivity index (χ4n) is 2.06. The van der Waals surface area contributed by atoms with Crippen molar-refractivity contribution in [3.05, 3.63) is 58.6 Å².